The minimum Gasteiger partial charge on any atom is -0.334 e. The molecular formula is C21H25N3O. The number of fused-ring (bicyclic) bond motifs is 2. The molecule has 1 amide bonds. The first kappa shape index (κ1) is 15.2. The van der Waals surface area contributed by atoms with Gasteiger partial charge in [-0.05, 0) is 44.4 Å². The van der Waals surface area contributed by atoms with Gasteiger partial charge >= 0.3 is 0 Å². The second-order valence-electron chi connectivity index (χ2n) is 7.76. The summed E-state index contributed by atoms with van der Waals surface area (Å²) in [6.07, 6.45) is 8.19. The van der Waals surface area contributed by atoms with E-state index in [1.165, 1.54) is 31.4 Å². The molecule has 4 heteroatoms. The van der Waals surface area contributed by atoms with Gasteiger partial charge in [-0.25, -0.2) is 4.98 Å². The van der Waals surface area contributed by atoms with Crippen LogP contribution in [0.25, 0.3) is 11.4 Å². The molecule has 1 aromatic heterocycles. The van der Waals surface area contributed by atoms with Crippen molar-refractivity contribution in [2.24, 2.45) is 5.92 Å². The topological polar surface area (TPSA) is 38.1 Å². The molecule has 0 radical (unpaired) electrons. The lowest BCUT2D eigenvalue weighted by Gasteiger charge is -2.26. The van der Waals surface area contributed by atoms with Crippen LogP contribution in [-0.4, -0.2) is 32.9 Å². The Kier molecular flexibility index (Phi) is 3.65. The smallest absolute Gasteiger partial charge is 0.274 e. The molecule has 5 rings (SSSR count). The summed E-state index contributed by atoms with van der Waals surface area (Å²) in [7, 11) is 0. The van der Waals surface area contributed by atoms with Gasteiger partial charge in [0.05, 0.1) is 5.69 Å². The number of hydrogen-bond donors (Lipinski definition) is 0. The second kappa shape index (κ2) is 6.01. The maximum atomic E-state index is 13.3. The molecule has 25 heavy (non-hydrogen) atoms. The molecule has 1 aromatic carbocycles. The SMILES string of the molecule is O=C(c1nc(-c2ccccc2)n2c1CCCCC2)N1CCCC2CC21. The van der Waals surface area contributed by atoms with Gasteiger partial charge in [0.2, 0.25) is 0 Å². The van der Waals surface area contributed by atoms with Crippen molar-refractivity contribution < 1.29 is 4.79 Å². The summed E-state index contributed by atoms with van der Waals surface area (Å²) in [6, 6.07) is 10.8. The van der Waals surface area contributed by atoms with Crippen molar-refractivity contribution in [1.29, 1.82) is 0 Å². The molecule has 2 aromatic rings. The molecular weight excluding hydrogens is 310 g/mol. The molecule has 2 atom stereocenters. The molecule has 4 nitrogen and oxygen atoms in total. The fourth-order valence-corrected chi connectivity index (χ4v) is 4.70. The number of imidazole rings is 1. The van der Waals surface area contributed by atoms with Gasteiger partial charge in [0.15, 0.2) is 0 Å². The maximum Gasteiger partial charge on any atom is 0.274 e. The lowest BCUT2D eigenvalue weighted by atomic mass is 10.1. The fraction of sp³-hybridized carbons (Fsp3) is 0.524. The Hall–Kier alpha value is -2.10. The van der Waals surface area contributed by atoms with E-state index in [2.05, 4.69) is 33.7 Å². The first-order chi connectivity index (χ1) is 12.3. The highest BCUT2D eigenvalue weighted by Crippen LogP contribution is 2.43. The van der Waals surface area contributed by atoms with Crippen molar-refractivity contribution in [3.05, 3.63) is 41.7 Å². The Morgan fingerprint density at radius 3 is 2.80 bits per heavy atom. The van der Waals surface area contributed by atoms with Crippen LogP contribution in [0, 0.1) is 5.92 Å². The third kappa shape index (κ3) is 2.59. The molecule has 2 fully saturated rings. The largest absolute Gasteiger partial charge is 0.334 e. The molecule has 0 spiro atoms. The van der Waals surface area contributed by atoms with Gasteiger partial charge in [-0.15, -0.1) is 0 Å². The molecule has 2 aliphatic heterocycles. The van der Waals surface area contributed by atoms with E-state index < -0.39 is 0 Å². The average Bonchev–Trinajstić information content (AvgIpc) is 3.41. The molecule has 1 aliphatic carbocycles. The van der Waals surface area contributed by atoms with Crippen molar-refractivity contribution in [1.82, 2.24) is 14.5 Å². The number of benzene rings is 1. The second-order valence-corrected chi connectivity index (χ2v) is 7.76. The van der Waals surface area contributed by atoms with E-state index in [0.717, 1.165) is 55.4 Å². The lowest BCUT2D eigenvalue weighted by molar-refractivity contribution is 0.0699. The number of aromatic nitrogens is 2. The van der Waals surface area contributed by atoms with E-state index in [1.54, 1.807) is 0 Å². The first-order valence-electron chi connectivity index (χ1n) is 9.79. The van der Waals surface area contributed by atoms with Crippen LogP contribution in [0.3, 0.4) is 0 Å². The number of hydrogen-bond acceptors (Lipinski definition) is 2. The van der Waals surface area contributed by atoms with Gasteiger partial charge in [-0.2, -0.15) is 0 Å². The predicted octanol–water partition coefficient (Wildman–Crippen LogP) is 3.90. The van der Waals surface area contributed by atoms with Crippen LogP contribution in [0.15, 0.2) is 30.3 Å². The fourth-order valence-electron chi connectivity index (χ4n) is 4.70. The van der Waals surface area contributed by atoms with Gasteiger partial charge in [0.25, 0.3) is 5.91 Å². The average molecular weight is 335 g/mol. The number of nitrogens with zero attached hydrogens (tertiary/aromatic N) is 3. The Balaban J connectivity index is 1.57. The third-order valence-corrected chi connectivity index (χ3v) is 6.12. The van der Waals surface area contributed by atoms with Crippen LogP contribution < -0.4 is 0 Å². The molecule has 1 saturated heterocycles. The molecule has 3 heterocycles. The van der Waals surface area contributed by atoms with Crippen LogP contribution in [0.4, 0.5) is 0 Å². The Bertz CT molecular complexity index is 795. The van der Waals surface area contributed by atoms with E-state index in [1.807, 2.05) is 6.07 Å². The van der Waals surface area contributed by atoms with E-state index >= 15 is 0 Å². The Morgan fingerprint density at radius 1 is 1.04 bits per heavy atom. The zero-order valence-electron chi connectivity index (χ0n) is 14.7. The number of piperidine rings is 1. The summed E-state index contributed by atoms with van der Waals surface area (Å²) >= 11 is 0. The highest BCUT2D eigenvalue weighted by molar-refractivity contribution is 5.95. The van der Waals surface area contributed by atoms with Crippen LogP contribution in [-0.2, 0) is 13.0 Å². The van der Waals surface area contributed by atoms with Crippen molar-refractivity contribution in [2.45, 2.75) is 57.5 Å². The van der Waals surface area contributed by atoms with Crippen LogP contribution in [0.5, 0.6) is 0 Å². The lowest BCUT2D eigenvalue weighted by Crippen LogP contribution is -2.38. The van der Waals surface area contributed by atoms with Gasteiger partial charge in [-0.1, -0.05) is 36.8 Å². The first-order valence-corrected chi connectivity index (χ1v) is 9.79. The highest BCUT2D eigenvalue weighted by Gasteiger charge is 2.47. The van der Waals surface area contributed by atoms with E-state index in [0.29, 0.717) is 6.04 Å². The Morgan fingerprint density at radius 2 is 1.92 bits per heavy atom. The molecule has 130 valence electrons. The van der Waals surface area contributed by atoms with Gasteiger partial charge in [0.1, 0.15) is 11.5 Å². The summed E-state index contributed by atoms with van der Waals surface area (Å²) in [5.41, 5.74) is 3.02. The highest BCUT2D eigenvalue weighted by atomic mass is 16.2. The number of carbonyl (C=O) groups excluding carboxylic acids is 1. The zero-order chi connectivity index (χ0) is 16.8. The van der Waals surface area contributed by atoms with Gasteiger partial charge < -0.3 is 9.47 Å². The minimum atomic E-state index is 0.181. The van der Waals surface area contributed by atoms with Gasteiger partial charge in [0, 0.05) is 24.7 Å². The molecule has 1 saturated carbocycles. The minimum absolute atomic E-state index is 0.181. The number of amides is 1. The molecule has 2 unspecified atom stereocenters. The summed E-state index contributed by atoms with van der Waals surface area (Å²) < 4.78 is 2.32. The normalized spacial score (nSPS) is 25.0. The zero-order valence-corrected chi connectivity index (χ0v) is 14.7. The standard InChI is InChI=1S/C21H25N3O/c25-21(24-13-7-10-16-14-18(16)24)19-17-11-5-2-6-12-23(17)20(22-19)15-8-3-1-4-9-15/h1,3-4,8-9,16,18H,2,5-7,10-14H2. The number of carbonyl (C=O) groups is 1. The monoisotopic (exact) mass is 335 g/mol. The van der Waals surface area contributed by atoms with Crippen LogP contribution in [0.2, 0.25) is 0 Å². The molecule has 0 N–H and O–H groups in total. The van der Waals surface area contributed by atoms with Crippen molar-refractivity contribution in [2.75, 3.05) is 6.54 Å². The van der Waals surface area contributed by atoms with Crippen LogP contribution >= 0.6 is 0 Å². The predicted molar refractivity (Wildman–Crippen MR) is 97.4 cm³/mol. The van der Waals surface area contributed by atoms with E-state index in [4.69, 9.17) is 4.98 Å². The van der Waals surface area contributed by atoms with Crippen molar-refractivity contribution in [3.8, 4) is 11.4 Å². The van der Waals surface area contributed by atoms with Crippen molar-refractivity contribution in [3.63, 3.8) is 0 Å². The van der Waals surface area contributed by atoms with Crippen molar-refractivity contribution >= 4 is 5.91 Å². The quantitative estimate of drug-likeness (QED) is 0.835. The summed E-state index contributed by atoms with van der Waals surface area (Å²) in [6.45, 7) is 1.89. The van der Waals surface area contributed by atoms with E-state index in [9.17, 15) is 4.79 Å². The summed E-state index contributed by atoms with van der Waals surface area (Å²) in [5.74, 6) is 1.91. The maximum absolute atomic E-state index is 13.3. The Labute approximate surface area is 148 Å². The van der Waals surface area contributed by atoms with Gasteiger partial charge in [-0.3, -0.25) is 4.79 Å². The third-order valence-electron chi connectivity index (χ3n) is 6.12. The molecule has 3 aliphatic rings. The number of rotatable bonds is 2. The van der Waals surface area contributed by atoms with E-state index in [-0.39, 0.29) is 5.91 Å². The number of likely N-dealkylation sites (tertiary alicyclic amines) is 1. The van der Waals surface area contributed by atoms with Crippen LogP contribution in [0.1, 0.15) is 54.7 Å². The molecule has 0 bridgehead atoms. The summed E-state index contributed by atoms with van der Waals surface area (Å²) in [5, 5.41) is 0. The summed E-state index contributed by atoms with van der Waals surface area (Å²) in [4.78, 5) is 20.3.